The van der Waals surface area contributed by atoms with E-state index in [1.165, 1.54) is 30.5 Å². The van der Waals surface area contributed by atoms with E-state index in [0.29, 0.717) is 11.5 Å². The van der Waals surface area contributed by atoms with Crippen LogP contribution in [-0.4, -0.2) is 37.6 Å². The maximum absolute atomic E-state index is 12.2. The average molecular weight is 302 g/mol. The summed E-state index contributed by atoms with van der Waals surface area (Å²) in [6, 6.07) is 2.84. The zero-order valence-electron chi connectivity index (χ0n) is 12.6. The molecule has 1 atom stereocenters. The van der Waals surface area contributed by atoms with Crippen molar-refractivity contribution in [3.05, 3.63) is 31.0 Å². The highest BCUT2D eigenvalue weighted by Gasteiger charge is 2.23. The van der Waals surface area contributed by atoms with Crippen LogP contribution in [0.3, 0.4) is 0 Å². The van der Waals surface area contributed by atoms with Crippen molar-refractivity contribution in [2.24, 2.45) is 5.92 Å². The van der Waals surface area contributed by atoms with E-state index in [0.717, 1.165) is 0 Å². The van der Waals surface area contributed by atoms with Gasteiger partial charge in [-0.1, -0.05) is 13.8 Å². The van der Waals surface area contributed by atoms with E-state index in [2.05, 4.69) is 25.7 Å². The van der Waals surface area contributed by atoms with Crippen molar-refractivity contribution in [2.45, 2.75) is 26.8 Å². The van der Waals surface area contributed by atoms with Gasteiger partial charge >= 0.3 is 0 Å². The number of nitrogens with one attached hydrogen (secondary N) is 2. The van der Waals surface area contributed by atoms with E-state index < -0.39 is 6.04 Å². The van der Waals surface area contributed by atoms with Crippen LogP contribution in [0, 0.1) is 5.92 Å². The molecule has 2 heterocycles. The van der Waals surface area contributed by atoms with Crippen LogP contribution < -0.4 is 10.6 Å². The zero-order valence-corrected chi connectivity index (χ0v) is 12.6. The van der Waals surface area contributed by atoms with Crippen LogP contribution in [0.25, 0.3) is 5.82 Å². The molecule has 22 heavy (non-hydrogen) atoms. The predicted molar refractivity (Wildman–Crippen MR) is 80.2 cm³/mol. The van der Waals surface area contributed by atoms with Crippen molar-refractivity contribution >= 4 is 17.5 Å². The molecule has 0 fully saturated rings. The second-order valence-corrected chi connectivity index (χ2v) is 5.16. The van der Waals surface area contributed by atoms with Gasteiger partial charge in [0.25, 0.3) is 0 Å². The Morgan fingerprint density at radius 2 is 2.05 bits per heavy atom. The van der Waals surface area contributed by atoms with Crippen molar-refractivity contribution in [1.82, 2.24) is 25.1 Å². The van der Waals surface area contributed by atoms with Crippen molar-refractivity contribution in [3.63, 3.8) is 0 Å². The first-order chi connectivity index (χ1) is 10.5. The number of hydrogen-bond acceptors (Lipinski definition) is 5. The quantitative estimate of drug-likeness (QED) is 0.849. The molecule has 0 saturated heterocycles. The summed E-state index contributed by atoms with van der Waals surface area (Å²) in [5.41, 5.74) is 0.546. The molecule has 0 aliphatic rings. The van der Waals surface area contributed by atoms with Gasteiger partial charge in [-0.25, -0.2) is 14.6 Å². The maximum Gasteiger partial charge on any atom is 0.247 e. The van der Waals surface area contributed by atoms with Gasteiger partial charge in [-0.3, -0.25) is 9.59 Å². The monoisotopic (exact) mass is 302 g/mol. The molecule has 2 rings (SSSR count). The molecule has 0 unspecified atom stereocenters. The molecule has 0 saturated carbocycles. The predicted octanol–water partition coefficient (Wildman–Crippen LogP) is 0.761. The summed E-state index contributed by atoms with van der Waals surface area (Å²) in [5, 5.41) is 9.35. The molecule has 2 N–H and O–H groups in total. The number of amides is 2. The van der Waals surface area contributed by atoms with Gasteiger partial charge in [-0.2, -0.15) is 5.10 Å². The lowest BCUT2D eigenvalue weighted by molar-refractivity contribution is -0.126. The molecule has 116 valence electrons. The fourth-order valence-corrected chi connectivity index (χ4v) is 1.90. The topological polar surface area (TPSA) is 102 Å². The molecule has 8 heteroatoms. The van der Waals surface area contributed by atoms with Crippen LogP contribution in [0.15, 0.2) is 31.0 Å². The van der Waals surface area contributed by atoms with Crippen LogP contribution in [0.4, 0.5) is 5.69 Å². The lowest BCUT2D eigenvalue weighted by Crippen LogP contribution is -2.46. The van der Waals surface area contributed by atoms with E-state index in [1.54, 1.807) is 12.1 Å². The molecule has 2 amide bonds. The smallest absolute Gasteiger partial charge is 0.247 e. The lowest BCUT2D eigenvalue weighted by Gasteiger charge is -2.20. The molecule has 2 aromatic rings. The summed E-state index contributed by atoms with van der Waals surface area (Å²) in [6.07, 6.45) is 4.48. The van der Waals surface area contributed by atoms with Gasteiger partial charge in [0.2, 0.25) is 11.8 Å². The van der Waals surface area contributed by atoms with Gasteiger partial charge in [-0.15, -0.1) is 0 Å². The minimum absolute atomic E-state index is 0.0220. The van der Waals surface area contributed by atoms with E-state index >= 15 is 0 Å². The van der Waals surface area contributed by atoms with Crippen LogP contribution in [-0.2, 0) is 9.59 Å². The van der Waals surface area contributed by atoms with Crippen LogP contribution >= 0.6 is 0 Å². The third-order valence-electron chi connectivity index (χ3n) is 2.98. The second-order valence-electron chi connectivity index (χ2n) is 5.16. The Balaban J connectivity index is 2.06. The molecule has 8 nitrogen and oxygen atoms in total. The van der Waals surface area contributed by atoms with Crippen molar-refractivity contribution in [2.75, 3.05) is 5.32 Å². The van der Waals surface area contributed by atoms with E-state index in [4.69, 9.17) is 0 Å². The fraction of sp³-hybridized carbons (Fsp3) is 0.357. The lowest BCUT2D eigenvalue weighted by atomic mass is 10.0. The van der Waals surface area contributed by atoms with Crippen LogP contribution in [0.5, 0.6) is 0 Å². The Kier molecular flexibility index (Phi) is 4.82. The number of anilines is 1. The number of aromatic nitrogens is 4. The Labute approximate surface area is 128 Å². The highest BCUT2D eigenvalue weighted by atomic mass is 16.2. The number of carbonyl (C=O) groups is 2. The minimum Gasteiger partial charge on any atom is -0.344 e. The summed E-state index contributed by atoms with van der Waals surface area (Å²) < 4.78 is 1.51. The Hall–Kier alpha value is -2.77. The summed E-state index contributed by atoms with van der Waals surface area (Å²) >= 11 is 0. The first-order valence-electron chi connectivity index (χ1n) is 6.86. The fourth-order valence-electron chi connectivity index (χ4n) is 1.90. The van der Waals surface area contributed by atoms with Crippen LogP contribution in [0.2, 0.25) is 0 Å². The van der Waals surface area contributed by atoms with E-state index in [9.17, 15) is 9.59 Å². The maximum atomic E-state index is 12.2. The standard InChI is InChI=1S/C14H18N6O2/c1-9(2)13(18-10(3)21)14(22)19-11-4-5-12(16-6-11)20-8-15-7-17-20/h4-9,13H,1-3H3,(H,18,21)(H,19,22)/t13-/m0/s1. The van der Waals surface area contributed by atoms with E-state index in [1.807, 2.05) is 13.8 Å². The zero-order chi connectivity index (χ0) is 16.1. The molecule has 0 spiro atoms. The van der Waals surface area contributed by atoms with Gasteiger partial charge < -0.3 is 10.6 Å². The molecular formula is C14H18N6O2. The molecule has 0 bridgehead atoms. The molecular weight excluding hydrogens is 284 g/mol. The summed E-state index contributed by atoms with van der Waals surface area (Å²) in [7, 11) is 0. The highest BCUT2D eigenvalue weighted by Crippen LogP contribution is 2.11. The van der Waals surface area contributed by atoms with Gasteiger partial charge in [0, 0.05) is 6.92 Å². The number of pyridine rings is 1. The first kappa shape index (κ1) is 15.6. The molecule has 2 aromatic heterocycles. The second kappa shape index (κ2) is 6.79. The third-order valence-corrected chi connectivity index (χ3v) is 2.98. The highest BCUT2D eigenvalue weighted by molar-refractivity contribution is 5.97. The van der Waals surface area contributed by atoms with Crippen molar-refractivity contribution in [1.29, 1.82) is 0 Å². The van der Waals surface area contributed by atoms with Gasteiger partial charge in [0.1, 0.15) is 18.7 Å². The number of nitrogens with zero attached hydrogens (tertiary/aromatic N) is 4. The van der Waals surface area contributed by atoms with Gasteiger partial charge in [0.05, 0.1) is 11.9 Å². The average Bonchev–Trinajstić information content (AvgIpc) is 2.99. The summed E-state index contributed by atoms with van der Waals surface area (Å²) in [4.78, 5) is 31.4. The number of rotatable bonds is 5. The Morgan fingerprint density at radius 3 is 2.55 bits per heavy atom. The first-order valence-corrected chi connectivity index (χ1v) is 6.86. The normalized spacial score (nSPS) is 12.0. The summed E-state index contributed by atoms with van der Waals surface area (Å²) in [6.45, 7) is 5.12. The van der Waals surface area contributed by atoms with Gasteiger partial charge in [0.15, 0.2) is 5.82 Å². The number of hydrogen-bond donors (Lipinski definition) is 2. The molecule has 0 radical (unpaired) electrons. The van der Waals surface area contributed by atoms with Crippen molar-refractivity contribution in [3.8, 4) is 5.82 Å². The molecule has 0 aliphatic carbocycles. The minimum atomic E-state index is -0.590. The van der Waals surface area contributed by atoms with E-state index in [-0.39, 0.29) is 17.7 Å². The van der Waals surface area contributed by atoms with Crippen LogP contribution in [0.1, 0.15) is 20.8 Å². The summed E-state index contributed by atoms with van der Waals surface area (Å²) in [5.74, 6) is 0.0538. The SMILES string of the molecule is CC(=O)N[C@H](C(=O)Nc1ccc(-n2cncn2)nc1)C(C)C. The Morgan fingerprint density at radius 1 is 1.27 bits per heavy atom. The largest absolute Gasteiger partial charge is 0.344 e. The van der Waals surface area contributed by atoms with Gasteiger partial charge in [-0.05, 0) is 18.1 Å². The Bertz CT molecular complexity index is 636. The molecule has 0 aromatic carbocycles. The third kappa shape index (κ3) is 3.87. The van der Waals surface area contributed by atoms with Crippen molar-refractivity contribution < 1.29 is 9.59 Å². The number of carbonyl (C=O) groups excluding carboxylic acids is 2. The molecule has 0 aliphatic heterocycles.